The number of ether oxygens (including phenoxy) is 6. The highest BCUT2D eigenvalue weighted by Gasteiger charge is 2.37. The Balaban J connectivity index is 0.793. The highest BCUT2D eigenvalue weighted by Crippen LogP contribution is 2.43. The van der Waals surface area contributed by atoms with Crippen LogP contribution in [-0.2, 0) is 9.47 Å². The highest BCUT2D eigenvalue weighted by atomic mass is 19.2. The molecule has 4 saturated carbocycles. The van der Waals surface area contributed by atoms with Gasteiger partial charge in [0.05, 0.1) is 39.6 Å². The van der Waals surface area contributed by atoms with Gasteiger partial charge in [0.2, 0.25) is 23.3 Å². The summed E-state index contributed by atoms with van der Waals surface area (Å²) in [6, 6.07) is 5.89. The Labute approximate surface area is 388 Å². The van der Waals surface area contributed by atoms with Crippen molar-refractivity contribution in [2.45, 2.75) is 181 Å². The minimum Gasteiger partial charge on any atom is -0.490 e. The molecule has 7 rings (SSSR count). The molecule has 5 fully saturated rings. The number of hydrogen-bond acceptors (Lipinski definition) is 6. The summed E-state index contributed by atoms with van der Waals surface area (Å²) in [4.78, 5) is 0. The normalized spacial score (nSPS) is 31.0. The molecule has 5 aliphatic rings. The van der Waals surface area contributed by atoms with E-state index in [1.54, 1.807) is 0 Å². The first-order valence-corrected chi connectivity index (χ1v) is 26.3. The van der Waals surface area contributed by atoms with E-state index in [4.69, 9.17) is 28.4 Å². The molecule has 0 aromatic heterocycles. The minimum absolute atomic E-state index is 0.0554. The first-order valence-electron chi connectivity index (χ1n) is 26.3. The largest absolute Gasteiger partial charge is 0.490 e. The summed E-state index contributed by atoms with van der Waals surface area (Å²) < 4.78 is 96.4. The van der Waals surface area contributed by atoms with E-state index >= 15 is 17.6 Å². The summed E-state index contributed by atoms with van der Waals surface area (Å²) in [5.74, 6) is 0.977. The van der Waals surface area contributed by atoms with Crippen LogP contribution in [0.5, 0.6) is 23.0 Å². The SMILES string of the molecule is CCCC1COC(CCCCOc2ccc(OCC3CCC(C4CCC(C)CC4)CC3)c(F)c2F)(CCCCOc2ccc(OCC3CCC(C4CCC(C)CC4)CC3)c(F)c2F)OC1. The third kappa shape index (κ3) is 14.4. The van der Waals surface area contributed by atoms with Crippen LogP contribution in [0.1, 0.15) is 175 Å². The molecule has 366 valence electrons. The standard InChI is InChI=1S/C55H82F4O6/c1-4-9-42-36-64-55(65-37-42,30-5-7-32-60-47-26-28-49(53(58)51(47)56)62-34-40-14-22-45(23-15-40)43-18-10-38(2)11-19-43)31-6-8-33-61-48-27-29-50(54(59)52(48)57)63-35-41-16-24-46(25-17-41)44-20-12-39(3)13-21-44/h26-29,38-46H,4-25,30-37H2,1-3H3. The molecule has 65 heavy (non-hydrogen) atoms. The van der Waals surface area contributed by atoms with Crippen LogP contribution in [0.2, 0.25) is 0 Å². The van der Waals surface area contributed by atoms with Gasteiger partial charge in [-0.25, -0.2) is 0 Å². The van der Waals surface area contributed by atoms with Gasteiger partial charge in [-0.05, 0) is 181 Å². The number of hydrogen-bond donors (Lipinski definition) is 0. The average Bonchev–Trinajstić information content (AvgIpc) is 3.32. The fourth-order valence-corrected chi connectivity index (χ4v) is 12.0. The van der Waals surface area contributed by atoms with Gasteiger partial charge in [0, 0.05) is 18.8 Å². The molecule has 0 atom stereocenters. The van der Waals surface area contributed by atoms with Crippen molar-refractivity contribution in [2.24, 2.45) is 53.3 Å². The van der Waals surface area contributed by atoms with Crippen molar-refractivity contribution < 1.29 is 46.0 Å². The molecule has 0 radical (unpaired) electrons. The first kappa shape index (κ1) is 50.2. The van der Waals surface area contributed by atoms with Crippen molar-refractivity contribution in [2.75, 3.05) is 39.6 Å². The molecule has 2 aromatic carbocycles. The fraction of sp³-hybridized carbons (Fsp3) is 0.782. The lowest BCUT2D eigenvalue weighted by atomic mass is 9.69. The van der Waals surface area contributed by atoms with Crippen LogP contribution in [0.4, 0.5) is 17.6 Å². The van der Waals surface area contributed by atoms with Crippen LogP contribution in [0.3, 0.4) is 0 Å². The van der Waals surface area contributed by atoms with Gasteiger partial charge in [-0.1, -0.05) is 52.9 Å². The van der Waals surface area contributed by atoms with Gasteiger partial charge in [-0.3, -0.25) is 0 Å². The van der Waals surface area contributed by atoms with E-state index in [0.29, 0.717) is 82.7 Å². The molecule has 4 aliphatic carbocycles. The maximum atomic E-state index is 15.1. The molecule has 0 unspecified atom stereocenters. The van der Waals surface area contributed by atoms with Crippen LogP contribution in [0, 0.1) is 76.5 Å². The second kappa shape index (κ2) is 25.1. The lowest BCUT2D eigenvalue weighted by Gasteiger charge is -2.40. The van der Waals surface area contributed by atoms with Crippen LogP contribution < -0.4 is 18.9 Å². The van der Waals surface area contributed by atoms with Gasteiger partial charge < -0.3 is 28.4 Å². The molecule has 6 nitrogen and oxygen atoms in total. The molecule has 0 N–H and O–H groups in total. The Morgan fingerprint density at radius 2 is 0.800 bits per heavy atom. The number of unbranched alkanes of at least 4 members (excludes halogenated alkanes) is 2. The quantitative estimate of drug-likeness (QED) is 0.0866. The van der Waals surface area contributed by atoms with Gasteiger partial charge in [-0.15, -0.1) is 0 Å². The summed E-state index contributed by atoms with van der Waals surface area (Å²) in [5, 5.41) is 0. The lowest BCUT2D eigenvalue weighted by molar-refractivity contribution is -0.290. The monoisotopic (exact) mass is 915 g/mol. The van der Waals surface area contributed by atoms with Crippen molar-refractivity contribution in [1.29, 1.82) is 0 Å². The van der Waals surface area contributed by atoms with E-state index in [-0.39, 0.29) is 36.2 Å². The summed E-state index contributed by atoms with van der Waals surface area (Å²) in [6.45, 7) is 9.36. The van der Waals surface area contributed by atoms with Crippen LogP contribution in [0.25, 0.3) is 0 Å². The Kier molecular flexibility index (Phi) is 19.3. The van der Waals surface area contributed by atoms with E-state index in [0.717, 1.165) is 74.0 Å². The third-order valence-electron chi connectivity index (χ3n) is 16.5. The van der Waals surface area contributed by atoms with Gasteiger partial charge in [-0.2, -0.15) is 17.6 Å². The zero-order valence-electron chi connectivity index (χ0n) is 40.2. The smallest absolute Gasteiger partial charge is 0.204 e. The van der Waals surface area contributed by atoms with Crippen LogP contribution >= 0.6 is 0 Å². The fourth-order valence-electron chi connectivity index (χ4n) is 12.0. The van der Waals surface area contributed by atoms with Crippen molar-refractivity contribution >= 4 is 0 Å². The minimum atomic E-state index is -1.02. The molecule has 0 bridgehead atoms. The van der Waals surface area contributed by atoms with Gasteiger partial charge in [0.25, 0.3) is 0 Å². The second-order valence-corrected chi connectivity index (χ2v) is 21.4. The zero-order valence-corrected chi connectivity index (χ0v) is 40.2. The second-order valence-electron chi connectivity index (χ2n) is 21.4. The zero-order chi connectivity index (χ0) is 45.6. The van der Waals surface area contributed by atoms with Crippen molar-refractivity contribution in [3.05, 3.63) is 47.5 Å². The van der Waals surface area contributed by atoms with E-state index < -0.39 is 29.1 Å². The number of benzene rings is 2. The molecular formula is C55H82F4O6. The Morgan fingerprint density at radius 3 is 1.15 bits per heavy atom. The van der Waals surface area contributed by atoms with Gasteiger partial charge >= 0.3 is 0 Å². The molecule has 1 heterocycles. The van der Waals surface area contributed by atoms with Crippen molar-refractivity contribution in [1.82, 2.24) is 0 Å². The van der Waals surface area contributed by atoms with Crippen molar-refractivity contribution in [3.63, 3.8) is 0 Å². The van der Waals surface area contributed by atoms with Crippen LogP contribution in [0.15, 0.2) is 24.3 Å². The summed E-state index contributed by atoms with van der Waals surface area (Å²) in [5.41, 5.74) is 0. The van der Waals surface area contributed by atoms with E-state index in [2.05, 4.69) is 20.8 Å². The van der Waals surface area contributed by atoms with Gasteiger partial charge in [0.1, 0.15) is 0 Å². The third-order valence-corrected chi connectivity index (χ3v) is 16.5. The summed E-state index contributed by atoms with van der Waals surface area (Å²) in [6.07, 6.45) is 25.9. The summed E-state index contributed by atoms with van der Waals surface area (Å²) >= 11 is 0. The van der Waals surface area contributed by atoms with E-state index in [1.807, 2.05) is 0 Å². The summed E-state index contributed by atoms with van der Waals surface area (Å²) in [7, 11) is 0. The molecular weight excluding hydrogens is 833 g/mol. The van der Waals surface area contributed by atoms with Crippen LogP contribution in [-0.4, -0.2) is 45.4 Å². The Bertz CT molecular complexity index is 1590. The molecule has 0 spiro atoms. The molecule has 1 saturated heterocycles. The van der Waals surface area contributed by atoms with Crippen molar-refractivity contribution in [3.8, 4) is 23.0 Å². The maximum Gasteiger partial charge on any atom is 0.204 e. The Morgan fingerprint density at radius 1 is 0.462 bits per heavy atom. The van der Waals surface area contributed by atoms with E-state index in [9.17, 15) is 0 Å². The molecule has 1 aliphatic heterocycles. The molecule has 2 aromatic rings. The lowest BCUT2D eigenvalue weighted by Crippen LogP contribution is -2.44. The Hall–Kier alpha value is -2.72. The molecule has 0 amide bonds. The average molecular weight is 915 g/mol. The van der Waals surface area contributed by atoms with Gasteiger partial charge in [0.15, 0.2) is 28.8 Å². The van der Waals surface area contributed by atoms with E-state index in [1.165, 1.54) is 101 Å². The number of halogens is 4. The predicted molar refractivity (Wildman–Crippen MR) is 249 cm³/mol. The maximum absolute atomic E-state index is 15.1. The first-order chi connectivity index (χ1) is 31.6. The molecule has 10 heteroatoms. The topological polar surface area (TPSA) is 55.4 Å². The highest BCUT2D eigenvalue weighted by molar-refractivity contribution is 5.36. The predicted octanol–water partition coefficient (Wildman–Crippen LogP) is 15.2. The number of rotatable bonds is 22.